The number of thioether (sulfide) groups is 1. The highest BCUT2D eigenvalue weighted by Gasteiger charge is 2.15. The third-order valence-electron chi connectivity index (χ3n) is 2.69. The van der Waals surface area contributed by atoms with Crippen LogP contribution in [0.25, 0.3) is 0 Å². The lowest BCUT2D eigenvalue weighted by atomic mass is 9.94. The van der Waals surface area contributed by atoms with Crippen molar-refractivity contribution in [3.05, 3.63) is 12.4 Å². The molecule has 1 rings (SSSR count). The van der Waals surface area contributed by atoms with Gasteiger partial charge in [0.25, 0.3) is 0 Å². The van der Waals surface area contributed by atoms with E-state index < -0.39 is 5.97 Å². The van der Waals surface area contributed by atoms with Gasteiger partial charge in [0.05, 0.1) is 0 Å². The van der Waals surface area contributed by atoms with Crippen molar-refractivity contribution in [2.45, 2.75) is 31.7 Å². The van der Waals surface area contributed by atoms with Crippen molar-refractivity contribution in [2.24, 2.45) is 11.8 Å². The molecule has 106 valence electrons. The molecule has 1 atom stereocenters. The zero-order valence-electron chi connectivity index (χ0n) is 11.6. The summed E-state index contributed by atoms with van der Waals surface area (Å²) in [5.41, 5.74) is 0. The minimum atomic E-state index is -0.750. The molecule has 1 aromatic rings. The van der Waals surface area contributed by atoms with Crippen LogP contribution in [0.2, 0.25) is 0 Å². The van der Waals surface area contributed by atoms with Gasteiger partial charge in [-0.3, -0.25) is 4.79 Å². The van der Waals surface area contributed by atoms with Gasteiger partial charge in [-0.05, 0) is 24.5 Å². The summed E-state index contributed by atoms with van der Waals surface area (Å²) in [7, 11) is 0. The maximum absolute atomic E-state index is 10.8. The summed E-state index contributed by atoms with van der Waals surface area (Å²) >= 11 is 1.55. The number of carbonyl (C=O) groups is 1. The monoisotopic (exact) mass is 283 g/mol. The van der Waals surface area contributed by atoms with E-state index >= 15 is 0 Å². The quantitative estimate of drug-likeness (QED) is 0.564. The van der Waals surface area contributed by atoms with Gasteiger partial charge < -0.3 is 10.4 Å². The lowest BCUT2D eigenvalue weighted by molar-refractivity contribution is -0.138. The number of aromatic nitrogens is 2. The SMILES string of the molecule is CSc1cc(NCC(CC(=O)O)CC(C)C)ncn1. The molecule has 0 saturated carbocycles. The van der Waals surface area contributed by atoms with E-state index in [1.165, 1.54) is 6.33 Å². The molecule has 1 unspecified atom stereocenters. The van der Waals surface area contributed by atoms with Crippen LogP contribution in [-0.4, -0.2) is 33.8 Å². The summed E-state index contributed by atoms with van der Waals surface area (Å²) in [6.45, 7) is 4.83. The first-order valence-electron chi connectivity index (χ1n) is 6.33. The summed E-state index contributed by atoms with van der Waals surface area (Å²) < 4.78 is 0. The van der Waals surface area contributed by atoms with E-state index in [9.17, 15) is 4.79 Å². The fourth-order valence-electron chi connectivity index (χ4n) is 1.95. The van der Waals surface area contributed by atoms with Crippen LogP contribution < -0.4 is 5.32 Å². The number of carboxylic acid groups (broad SMARTS) is 1. The normalized spacial score (nSPS) is 12.4. The molecule has 0 radical (unpaired) electrons. The average molecular weight is 283 g/mol. The number of carboxylic acids is 1. The van der Waals surface area contributed by atoms with Crippen molar-refractivity contribution < 1.29 is 9.90 Å². The second-order valence-corrected chi connectivity index (χ2v) is 5.75. The molecule has 0 spiro atoms. The summed E-state index contributed by atoms with van der Waals surface area (Å²) in [5, 5.41) is 13.0. The maximum atomic E-state index is 10.8. The highest BCUT2D eigenvalue weighted by Crippen LogP contribution is 2.18. The molecule has 5 nitrogen and oxygen atoms in total. The van der Waals surface area contributed by atoms with Gasteiger partial charge in [-0.2, -0.15) is 0 Å². The van der Waals surface area contributed by atoms with Gasteiger partial charge in [0.1, 0.15) is 17.2 Å². The van der Waals surface area contributed by atoms with Crippen molar-refractivity contribution >= 4 is 23.5 Å². The summed E-state index contributed by atoms with van der Waals surface area (Å²) in [4.78, 5) is 19.1. The molecule has 6 heteroatoms. The first kappa shape index (κ1) is 15.8. The molecule has 0 aliphatic heterocycles. The Morgan fingerprint density at radius 3 is 2.79 bits per heavy atom. The van der Waals surface area contributed by atoms with Gasteiger partial charge in [-0.15, -0.1) is 11.8 Å². The number of anilines is 1. The van der Waals surface area contributed by atoms with Crippen LogP contribution in [0.15, 0.2) is 17.4 Å². The third kappa shape index (κ3) is 6.42. The minimum absolute atomic E-state index is 0.116. The van der Waals surface area contributed by atoms with Crippen LogP contribution in [0.5, 0.6) is 0 Å². The Morgan fingerprint density at radius 2 is 2.21 bits per heavy atom. The van der Waals surface area contributed by atoms with Gasteiger partial charge in [-0.25, -0.2) is 9.97 Å². The fourth-order valence-corrected chi connectivity index (χ4v) is 2.33. The largest absolute Gasteiger partial charge is 0.481 e. The standard InChI is InChI=1S/C13H21N3O2S/c1-9(2)4-10(5-13(17)18)7-14-11-6-12(19-3)16-8-15-11/h6,8-10H,4-5,7H2,1-3H3,(H,17,18)(H,14,15,16). The summed E-state index contributed by atoms with van der Waals surface area (Å²) in [6, 6.07) is 1.87. The zero-order chi connectivity index (χ0) is 14.3. The Bertz CT molecular complexity index is 413. The van der Waals surface area contributed by atoms with Crippen molar-refractivity contribution in [1.82, 2.24) is 9.97 Å². The lowest BCUT2D eigenvalue weighted by Gasteiger charge is -2.18. The summed E-state index contributed by atoms with van der Waals surface area (Å²) in [5.74, 6) is 0.599. The summed E-state index contributed by atoms with van der Waals surface area (Å²) in [6.07, 6.45) is 4.55. The third-order valence-corrected chi connectivity index (χ3v) is 3.33. The number of nitrogens with one attached hydrogen (secondary N) is 1. The van der Waals surface area contributed by atoms with E-state index in [4.69, 9.17) is 5.11 Å². The molecule has 2 N–H and O–H groups in total. The van der Waals surface area contributed by atoms with Crippen molar-refractivity contribution in [3.8, 4) is 0 Å². The van der Waals surface area contributed by atoms with Crippen molar-refractivity contribution in [1.29, 1.82) is 0 Å². The van der Waals surface area contributed by atoms with Crippen LogP contribution in [-0.2, 0) is 4.79 Å². The Hall–Kier alpha value is -1.30. The van der Waals surface area contributed by atoms with E-state index in [1.807, 2.05) is 12.3 Å². The van der Waals surface area contributed by atoms with Gasteiger partial charge in [-0.1, -0.05) is 13.8 Å². The molecule has 19 heavy (non-hydrogen) atoms. The minimum Gasteiger partial charge on any atom is -0.481 e. The van der Waals surface area contributed by atoms with E-state index in [1.54, 1.807) is 11.8 Å². The molecule has 0 bridgehead atoms. The van der Waals surface area contributed by atoms with E-state index in [2.05, 4.69) is 29.1 Å². The second kappa shape index (κ2) is 7.99. The molecule has 0 saturated heterocycles. The number of rotatable bonds is 8. The molecule has 0 fully saturated rings. The smallest absolute Gasteiger partial charge is 0.303 e. The molecular weight excluding hydrogens is 262 g/mol. The van der Waals surface area contributed by atoms with Crippen LogP contribution in [0, 0.1) is 11.8 Å². The van der Waals surface area contributed by atoms with E-state index in [0.717, 1.165) is 17.3 Å². The Balaban J connectivity index is 2.56. The highest BCUT2D eigenvalue weighted by molar-refractivity contribution is 7.98. The Labute approximate surface area is 118 Å². The fraction of sp³-hybridized carbons (Fsp3) is 0.615. The van der Waals surface area contributed by atoms with E-state index in [-0.39, 0.29) is 12.3 Å². The number of aliphatic carboxylic acids is 1. The highest BCUT2D eigenvalue weighted by atomic mass is 32.2. The van der Waals surface area contributed by atoms with Crippen molar-refractivity contribution in [3.63, 3.8) is 0 Å². The van der Waals surface area contributed by atoms with E-state index in [0.29, 0.717) is 12.5 Å². The number of nitrogens with zero attached hydrogens (tertiary/aromatic N) is 2. The van der Waals surface area contributed by atoms with Gasteiger partial charge in [0.15, 0.2) is 0 Å². The number of hydrogen-bond donors (Lipinski definition) is 2. The van der Waals surface area contributed by atoms with Crippen LogP contribution in [0.1, 0.15) is 26.7 Å². The topological polar surface area (TPSA) is 75.1 Å². The second-order valence-electron chi connectivity index (χ2n) is 4.92. The lowest BCUT2D eigenvalue weighted by Crippen LogP contribution is -2.20. The Morgan fingerprint density at radius 1 is 1.47 bits per heavy atom. The molecule has 0 aliphatic rings. The zero-order valence-corrected chi connectivity index (χ0v) is 12.4. The predicted octanol–water partition coefficient (Wildman–Crippen LogP) is 2.75. The molecular formula is C13H21N3O2S. The molecule has 1 heterocycles. The Kier molecular flexibility index (Phi) is 6.62. The average Bonchev–Trinajstić information content (AvgIpc) is 2.35. The van der Waals surface area contributed by atoms with Gasteiger partial charge in [0.2, 0.25) is 0 Å². The van der Waals surface area contributed by atoms with Gasteiger partial charge in [0, 0.05) is 19.0 Å². The number of hydrogen-bond acceptors (Lipinski definition) is 5. The van der Waals surface area contributed by atoms with Crippen LogP contribution in [0.3, 0.4) is 0 Å². The predicted molar refractivity (Wildman–Crippen MR) is 77.5 cm³/mol. The molecule has 0 aromatic carbocycles. The maximum Gasteiger partial charge on any atom is 0.303 e. The van der Waals surface area contributed by atoms with Gasteiger partial charge >= 0.3 is 5.97 Å². The molecule has 0 aliphatic carbocycles. The van der Waals surface area contributed by atoms with Crippen LogP contribution >= 0.6 is 11.8 Å². The first-order chi connectivity index (χ1) is 9.01. The van der Waals surface area contributed by atoms with Crippen molar-refractivity contribution in [2.75, 3.05) is 18.1 Å². The molecule has 1 aromatic heterocycles. The molecule has 0 amide bonds. The first-order valence-corrected chi connectivity index (χ1v) is 7.55. The van der Waals surface area contributed by atoms with Crippen LogP contribution in [0.4, 0.5) is 5.82 Å².